The number of amides is 1. The molecular formula is C19H23N3O6S. The third kappa shape index (κ3) is 7.07. The van der Waals surface area contributed by atoms with Gasteiger partial charge in [0.1, 0.15) is 11.4 Å². The minimum atomic E-state index is -3.54. The van der Waals surface area contributed by atoms with Crippen LogP contribution in [0.15, 0.2) is 47.4 Å². The molecule has 0 heterocycles. The highest BCUT2D eigenvalue weighted by Crippen LogP contribution is 2.27. The molecule has 2 aromatic carbocycles. The van der Waals surface area contributed by atoms with Crippen molar-refractivity contribution in [3.8, 4) is 5.75 Å². The Morgan fingerprint density at radius 2 is 1.83 bits per heavy atom. The number of hydrogen-bond donors (Lipinski definition) is 2. The van der Waals surface area contributed by atoms with Gasteiger partial charge in [-0.25, -0.2) is 8.42 Å². The van der Waals surface area contributed by atoms with Crippen LogP contribution in [-0.4, -0.2) is 45.2 Å². The van der Waals surface area contributed by atoms with Gasteiger partial charge < -0.3 is 15.4 Å². The van der Waals surface area contributed by atoms with Gasteiger partial charge >= 0.3 is 0 Å². The van der Waals surface area contributed by atoms with E-state index in [0.717, 1.165) is 17.9 Å². The molecule has 2 aromatic rings. The summed E-state index contributed by atoms with van der Waals surface area (Å²) in [6, 6.07) is 11.2. The number of nitrogens with zero attached hydrogens (tertiary/aromatic N) is 1. The van der Waals surface area contributed by atoms with Crippen molar-refractivity contribution < 1.29 is 22.9 Å². The highest BCUT2D eigenvalue weighted by molar-refractivity contribution is 7.90. The van der Waals surface area contributed by atoms with Gasteiger partial charge in [-0.05, 0) is 31.2 Å². The fourth-order valence-electron chi connectivity index (χ4n) is 2.43. The summed E-state index contributed by atoms with van der Waals surface area (Å²) in [5, 5.41) is 16.7. The van der Waals surface area contributed by atoms with Gasteiger partial charge in [-0.3, -0.25) is 14.9 Å². The number of nitro benzene ring substituents is 1. The van der Waals surface area contributed by atoms with E-state index in [1.807, 2.05) is 31.2 Å². The number of ether oxygens (including phenoxy) is 1. The Balaban J connectivity index is 1.77. The Bertz CT molecular complexity index is 974. The first-order chi connectivity index (χ1) is 13.7. The summed E-state index contributed by atoms with van der Waals surface area (Å²) in [6.45, 7) is 2.69. The van der Waals surface area contributed by atoms with E-state index in [-0.39, 0.29) is 48.3 Å². The molecule has 0 atom stereocenters. The molecule has 29 heavy (non-hydrogen) atoms. The second kappa shape index (κ2) is 9.87. The lowest BCUT2D eigenvalue weighted by atomic mass is 10.2. The average Bonchev–Trinajstić information content (AvgIpc) is 2.66. The lowest BCUT2D eigenvalue weighted by Gasteiger charge is -2.10. The molecule has 0 aliphatic heterocycles. The summed E-state index contributed by atoms with van der Waals surface area (Å²) >= 11 is 0. The smallest absolute Gasteiger partial charge is 0.293 e. The molecule has 9 nitrogen and oxygen atoms in total. The van der Waals surface area contributed by atoms with Crippen molar-refractivity contribution in [3.05, 3.63) is 58.1 Å². The van der Waals surface area contributed by atoms with Crippen molar-refractivity contribution in [3.63, 3.8) is 0 Å². The zero-order chi connectivity index (χ0) is 21.4. The summed E-state index contributed by atoms with van der Waals surface area (Å²) in [5.74, 6) is 0.482. The second-order valence-electron chi connectivity index (χ2n) is 6.40. The number of nitro groups is 1. The minimum absolute atomic E-state index is 0.128. The summed E-state index contributed by atoms with van der Waals surface area (Å²) in [7, 11) is -3.54. The Hall–Kier alpha value is -3.14. The normalized spacial score (nSPS) is 11.0. The topological polar surface area (TPSA) is 128 Å². The van der Waals surface area contributed by atoms with Crippen LogP contribution in [0.4, 0.5) is 11.4 Å². The molecule has 0 aliphatic carbocycles. The maximum atomic E-state index is 11.8. The Labute approximate surface area is 169 Å². The monoisotopic (exact) mass is 421 g/mol. The molecule has 2 rings (SSSR count). The van der Waals surface area contributed by atoms with Gasteiger partial charge in [-0.2, -0.15) is 0 Å². The van der Waals surface area contributed by atoms with Crippen LogP contribution in [0.5, 0.6) is 5.75 Å². The Kier molecular flexibility index (Phi) is 7.54. The number of carbonyl (C=O) groups excluding carboxylic acids is 1. The van der Waals surface area contributed by atoms with Crippen molar-refractivity contribution in [1.82, 2.24) is 5.32 Å². The number of carbonyl (C=O) groups is 1. The van der Waals surface area contributed by atoms with Crippen LogP contribution >= 0.6 is 0 Å². The van der Waals surface area contributed by atoms with E-state index in [2.05, 4.69) is 10.6 Å². The number of sulfone groups is 1. The molecule has 1 amide bonds. The molecule has 0 radical (unpaired) electrons. The fraction of sp³-hybridized carbons (Fsp3) is 0.316. The van der Waals surface area contributed by atoms with Crippen molar-refractivity contribution in [2.45, 2.75) is 18.2 Å². The molecule has 0 unspecified atom stereocenters. The molecular weight excluding hydrogens is 398 g/mol. The maximum absolute atomic E-state index is 11.8. The highest BCUT2D eigenvalue weighted by atomic mass is 32.2. The van der Waals surface area contributed by atoms with E-state index >= 15 is 0 Å². The molecule has 156 valence electrons. The van der Waals surface area contributed by atoms with E-state index in [1.165, 1.54) is 12.1 Å². The van der Waals surface area contributed by atoms with Gasteiger partial charge in [0.2, 0.25) is 5.91 Å². The maximum Gasteiger partial charge on any atom is 0.293 e. The van der Waals surface area contributed by atoms with Gasteiger partial charge in [0.15, 0.2) is 9.84 Å². The summed E-state index contributed by atoms with van der Waals surface area (Å²) < 4.78 is 28.6. The third-order valence-electron chi connectivity index (χ3n) is 3.98. The van der Waals surface area contributed by atoms with Crippen molar-refractivity contribution in [1.29, 1.82) is 0 Å². The van der Waals surface area contributed by atoms with E-state index in [0.29, 0.717) is 5.75 Å². The van der Waals surface area contributed by atoms with Crippen LogP contribution in [-0.2, 0) is 14.6 Å². The number of benzene rings is 2. The van der Waals surface area contributed by atoms with Crippen molar-refractivity contribution in [2.75, 3.05) is 31.3 Å². The first-order valence-corrected chi connectivity index (χ1v) is 10.7. The molecule has 0 fully saturated rings. The van der Waals surface area contributed by atoms with Crippen LogP contribution in [0.1, 0.15) is 12.0 Å². The second-order valence-corrected chi connectivity index (χ2v) is 8.41. The molecule has 0 saturated carbocycles. The van der Waals surface area contributed by atoms with Crippen LogP contribution in [0, 0.1) is 17.0 Å². The van der Waals surface area contributed by atoms with Crippen LogP contribution in [0.2, 0.25) is 0 Å². The van der Waals surface area contributed by atoms with E-state index in [4.69, 9.17) is 4.74 Å². The number of rotatable bonds is 10. The van der Waals surface area contributed by atoms with Gasteiger partial charge in [0, 0.05) is 25.4 Å². The lowest BCUT2D eigenvalue weighted by Crippen LogP contribution is -2.29. The first kappa shape index (κ1) is 22.2. The highest BCUT2D eigenvalue weighted by Gasteiger charge is 2.18. The summed E-state index contributed by atoms with van der Waals surface area (Å²) in [6.07, 6.45) is 1.16. The number of hydrogen-bond acceptors (Lipinski definition) is 7. The van der Waals surface area contributed by atoms with Gasteiger partial charge in [0.25, 0.3) is 5.69 Å². The predicted molar refractivity (Wildman–Crippen MR) is 109 cm³/mol. The Morgan fingerprint density at radius 3 is 2.45 bits per heavy atom. The lowest BCUT2D eigenvalue weighted by molar-refractivity contribution is -0.384. The molecule has 0 bridgehead atoms. The fourth-order valence-corrected chi connectivity index (χ4v) is 3.07. The molecule has 0 saturated heterocycles. The quantitative estimate of drug-likeness (QED) is 0.342. The minimum Gasteiger partial charge on any atom is -0.493 e. The van der Waals surface area contributed by atoms with E-state index in [1.54, 1.807) is 0 Å². The van der Waals surface area contributed by atoms with Crippen LogP contribution in [0.3, 0.4) is 0 Å². The first-order valence-electron chi connectivity index (χ1n) is 8.85. The average molecular weight is 421 g/mol. The largest absolute Gasteiger partial charge is 0.493 e. The molecule has 0 aliphatic rings. The zero-order valence-electron chi connectivity index (χ0n) is 16.2. The van der Waals surface area contributed by atoms with E-state index in [9.17, 15) is 23.3 Å². The molecule has 2 N–H and O–H groups in total. The molecule has 0 spiro atoms. The number of aryl methyl sites for hydroxylation is 1. The third-order valence-corrected chi connectivity index (χ3v) is 5.09. The summed E-state index contributed by atoms with van der Waals surface area (Å²) in [5.41, 5.74) is 0.957. The van der Waals surface area contributed by atoms with Crippen molar-refractivity contribution in [2.24, 2.45) is 0 Å². The van der Waals surface area contributed by atoms with Gasteiger partial charge in [-0.1, -0.05) is 17.7 Å². The van der Waals surface area contributed by atoms with Gasteiger partial charge in [0.05, 0.1) is 22.8 Å². The number of nitrogens with one attached hydrogen (secondary N) is 2. The Morgan fingerprint density at radius 1 is 1.14 bits per heavy atom. The summed E-state index contributed by atoms with van der Waals surface area (Å²) in [4.78, 5) is 22.2. The van der Waals surface area contributed by atoms with E-state index < -0.39 is 14.8 Å². The SMILES string of the molecule is Cc1ccc(OCCC(=O)NCCNc2ccc(S(C)(=O)=O)cc2[N+](=O)[O-])cc1. The van der Waals surface area contributed by atoms with Crippen molar-refractivity contribution >= 4 is 27.1 Å². The van der Waals surface area contributed by atoms with Gasteiger partial charge in [-0.15, -0.1) is 0 Å². The van der Waals surface area contributed by atoms with Crippen LogP contribution < -0.4 is 15.4 Å². The standard InChI is InChI=1S/C19H23N3O6S/c1-14-3-5-15(6-4-14)28-12-9-19(23)21-11-10-20-17-8-7-16(29(2,26)27)13-18(17)22(24)25/h3-8,13,20H,9-12H2,1-2H3,(H,21,23). The molecule has 10 heteroatoms. The molecule has 0 aromatic heterocycles. The number of anilines is 1. The zero-order valence-corrected chi connectivity index (χ0v) is 17.0. The predicted octanol–water partition coefficient (Wildman–Crippen LogP) is 2.30. The van der Waals surface area contributed by atoms with Crippen LogP contribution in [0.25, 0.3) is 0 Å².